The van der Waals surface area contributed by atoms with Gasteiger partial charge in [-0.15, -0.1) is 0 Å². The van der Waals surface area contributed by atoms with Crippen LogP contribution >= 0.6 is 0 Å². The summed E-state index contributed by atoms with van der Waals surface area (Å²) < 4.78 is 0. The van der Waals surface area contributed by atoms with Gasteiger partial charge in [-0.3, -0.25) is 14.6 Å². The van der Waals surface area contributed by atoms with Crippen molar-refractivity contribution in [3.63, 3.8) is 0 Å². The van der Waals surface area contributed by atoms with Gasteiger partial charge in [0, 0.05) is 18.3 Å². The fourth-order valence-corrected chi connectivity index (χ4v) is 1.54. The lowest BCUT2D eigenvalue weighted by Gasteiger charge is -2.25. The lowest BCUT2D eigenvalue weighted by molar-refractivity contribution is -0.144. The van der Waals surface area contributed by atoms with Crippen LogP contribution in [0.2, 0.25) is 0 Å². The molecule has 5 heteroatoms. The van der Waals surface area contributed by atoms with Crippen LogP contribution in [0.4, 0.5) is 0 Å². The second-order valence-corrected chi connectivity index (χ2v) is 4.21. The molecule has 0 saturated heterocycles. The fourth-order valence-electron chi connectivity index (χ4n) is 1.54. The van der Waals surface area contributed by atoms with Gasteiger partial charge in [-0.05, 0) is 31.6 Å². The van der Waals surface area contributed by atoms with E-state index in [1.165, 1.54) is 11.0 Å². The molecule has 0 aliphatic carbocycles. The molecule has 0 aliphatic rings. The molecule has 0 aliphatic heterocycles. The van der Waals surface area contributed by atoms with E-state index in [1.807, 2.05) is 19.9 Å². The Balaban J connectivity index is 2.77. The van der Waals surface area contributed by atoms with Crippen LogP contribution in [-0.2, 0) is 9.59 Å². The van der Waals surface area contributed by atoms with Crippen LogP contribution in [0.3, 0.4) is 0 Å². The molecule has 0 spiro atoms. The first-order valence-electron chi connectivity index (χ1n) is 6.16. The minimum Gasteiger partial charge on any atom is -0.480 e. The van der Waals surface area contributed by atoms with E-state index in [2.05, 4.69) is 4.98 Å². The summed E-state index contributed by atoms with van der Waals surface area (Å²) in [6.45, 7) is 3.45. The van der Waals surface area contributed by atoms with E-state index < -0.39 is 5.97 Å². The Morgan fingerprint density at radius 1 is 1.47 bits per heavy atom. The summed E-state index contributed by atoms with van der Waals surface area (Å²) in [5, 5.41) is 8.83. The molecule has 1 aromatic rings. The van der Waals surface area contributed by atoms with Crippen LogP contribution in [0.15, 0.2) is 30.5 Å². The number of carbonyl (C=O) groups is 2. The average molecular weight is 262 g/mol. The number of aliphatic carboxylic acids is 1. The number of nitrogens with zero attached hydrogens (tertiary/aromatic N) is 2. The van der Waals surface area contributed by atoms with E-state index in [0.717, 1.165) is 0 Å². The van der Waals surface area contributed by atoms with Crippen molar-refractivity contribution in [2.24, 2.45) is 0 Å². The predicted molar refractivity (Wildman–Crippen MR) is 72.4 cm³/mol. The summed E-state index contributed by atoms with van der Waals surface area (Å²) in [4.78, 5) is 28.2. The molecule has 1 atom stereocenters. The maximum Gasteiger partial charge on any atom is 0.323 e. The molecule has 1 rings (SSSR count). The quantitative estimate of drug-likeness (QED) is 0.794. The van der Waals surface area contributed by atoms with E-state index in [-0.39, 0.29) is 18.5 Å². The smallest absolute Gasteiger partial charge is 0.323 e. The molecule has 5 nitrogen and oxygen atoms in total. The van der Waals surface area contributed by atoms with E-state index in [9.17, 15) is 9.59 Å². The summed E-state index contributed by atoms with van der Waals surface area (Å²) in [7, 11) is 0. The zero-order valence-electron chi connectivity index (χ0n) is 11.1. The standard InChI is InChI=1S/C14H18N2O3/c1-3-11(2)16(10-14(18)19)13(17)8-7-12-6-4-5-9-15-12/h4-9,11H,3,10H2,1-2H3,(H,18,19)/b8-7+. The number of rotatable bonds is 6. The molecule has 1 amide bonds. The third kappa shape index (κ3) is 4.91. The molecular formula is C14H18N2O3. The van der Waals surface area contributed by atoms with Crippen molar-refractivity contribution < 1.29 is 14.7 Å². The van der Waals surface area contributed by atoms with Crippen molar-refractivity contribution in [3.05, 3.63) is 36.2 Å². The number of carboxylic acids is 1. The minimum absolute atomic E-state index is 0.114. The molecule has 1 heterocycles. The van der Waals surface area contributed by atoms with Crippen LogP contribution in [0, 0.1) is 0 Å². The molecule has 1 N–H and O–H groups in total. The number of amides is 1. The van der Waals surface area contributed by atoms with Gasteiger partial charge in [0.2, 0.25) is 5.91 Å². The first kappa shape index (κ1) is 14.9. The van der Waals surface area contributed by atoms with Crippen LogP contribution in [0.5, 0.6) is 0 Å². The van der Waals surface area contributed by atoms with Gasteiger partial charge in [0.15, 0.2) is 0 Å². The van der Waals surface area contributed by atoms with Gasteiger partial charge in [-0.1, -0.05) is 13.0 Å². The number of carbonyl (C=O) groups excluding carboxylic acids is 1. The Labute approximate surface area is 112 Å². The maximum atomic E-state index is 12.0. The Hall–Kier alpha value is -2.17. The fraction of sp³-hybridized carbons (Fsp3) is 0.357. The number of carboxylic acid groups (broad SMARTS) is 1. The topological polar surface area (TPSA) is 70.5 Å². The summed E-state index contributed by atoms with van der Waals surface area (Å²) in [6.07, 6.45) is 5.28. The van der Waals surface area contributed by atoms with Crippen molar-refractivity contribution in [2.75, 3.05) is 6.54 Å². The lowest BCUT2D eigenvalue weighted by Crippen LogP contribution is -2.40. The Morgan fingerprint density at radius 2 is 2.21 bits per heavy atom. The highest BCUT2D eigenvalue weighted by Crippen LogP contribution is 2.06. The maximum absolute atomic E-state index is 12.0. The van der Waals surface area contributed by atoms with Crippen LogP contribution in [0.1, 0.15) is 26.0 Å². The largest absolute Gasteiger partial charge is 0.480 e. The van der Waals surface area contributed by atoms with Gasteiger partial charge in [-0.2, -0.15) is 0 Å². The number of hydrogen-bond donors (Lipinski definition) is 1. The van der Waals surface area contributed by atoms with E-state index in [4.69, 9.17) is 5.11 Å². The molecule has 1 unspecified atom stereocenters. The Kier molecular flexibility index (Phi) is 5.73. The van der Waals surface area contributed by atoms with Crippen molar-refractivity contribution in [3.8, 4) is 0 Å². The summed E-state index contributed by atoms with van der Waals surface area (Å²) in [5.74, 6) is -1.33. The van der Waals surface area contributed by atoms with Gasteiger partial charge in [0.05, 0.1) is 5.69 Å². The van der Waals surface area contributed by atoms with E-state index in [0.29, 0.717) is 12.1 Å². The molecule has 0 aromatic carbocycles. The van der Waals surface area contributed by atoms with Crippen LogP contribution in [-0.4, -0.2) is 39.5 Å². The normalized spacial score (nSPS) is 12.3. The number of pyridine rings is 1. The average Bonchev–Trinajstić information content (AvgIpc) is 2.42. The Bertz CT molecular complexity index is 457. The van der Waals surface area contributed by atoms with E-state index >= 15 is 0 Å². The van der Waals surface area contributed by atoms with Gasteiger partial charge in [0.25, 0.3) is 0 Å². The SMILES string of the molecule is CCC(C)N(CC(=O)O)C(=O)/C=C/c1ccccn1. The molecule has 1 aromatic heterocycles. The highest BCUT2D eigenvalue weighted by molar-refractivity contribution is 5.93. The second-order valence-electron chi connectivity index (χ2n) is 4.21. The molecule has 0 radical (unpaired) electrons. The van der Waals surface area contributed by atoms with Crippen molar-refractivity contribution in [1.29, 1.82) is 0 Å². The zero-order valence-corrected chi connectivity index (χ0v) is 11.1. The summed E-state index contributed by atoms with van der Waals surface area (Å²) in [6, 6.07) is 5.27. The molecule has 0 saturated carbocycles. The third-order valence-corrected chi connectivity index (χ3v) is 2.80. The summed E-state index contributed by atoms with van der Waals surface area (Å²) >= 11 is 0. The highest BCUT2D eigenvalue weighted by atomic mass is 16.4. The first-order chi connectivity index (χ1) is 9.04. The van der Waals surface area contributed by atoms with Crippen molar-refractivity contribution >= 4 is 18.0 Å². The molecule has 0 fully saturated rings. The molecule has 102 valence electrons. The minimum atomic E-state index is -1.01. The summed E-state index contributed by atoms with van der Waals surface area (Å²) in [5.41, 5.74) is 0.662. The molecule has 0 bridgehead atoms. The van der Waals surface area contributed by atoms with Crippen molar-refractivity contribution in [2.45, 2.75) is 26.3 Å². The number of hydrogen-bond acceptors (Lipinski definition) is 3. The van der Waals surface area contributed by atoms with Gasteiger partial charge in [-0.25, -0.2) is 0 Å². The first-order valence-corrected chi connectivity index (χ1v) is 6.16. The molecular weight excluding hydrogens is 244 g/mol. The van der Waals surface area contributed by atoms with Crippen LogP contribution in [0.25, 0.3) is 6.08 Å². The van der Waals surface area contributed by atoms with Gasteiger partial charge in [0.1, 0.15) is 6.54 Å². The van der Waals surface area contributed by atoms with Crippen LogP contribution < -0.4 is 0 Å². The van der Waals surface area contributed by atoms with E-state index in [1.54, 1.807) is 24.4 Å². The zero-order chi connectivity index (χ0) is 14.3. The lowest BCUT2D eigenvalue weighted by atomic mass is 10.2. The Morgan fingerprint density at radius 3 is 2.74 bits per heavy atom. The predicted octanol–water partition coefficient (Wildman–Crippen LogP) is 1.81. The number of aromatic nitrogens is 1. The van der Waals surface area contributed by atoms with Gasteiger partial charge >= 0.3 is 5.97 Å². The molecule has 19 heavy (non-hydrogen) atoms. The van der Waals surface area contributed by atoms with Crippen molar-refractivity contribution in [1.82, 2.24) is 9.88 Å². The van der Waals surface area contributed by atoms with Gasteiger partial charge < -0.3 is 10.0 Å². The third-order valence-electron chi connectivity index (χ3n) is 2.80. The highest BCUT2D eigenvalue weighted by Gasteiger charge is 2.19. The monoisotopic (exact) mass is 262 g/mol. The second kappa shape index (κ2) is 7.31.